The molecule has 0 bridgehead atoms. The van der Waals surface area contributed by atoms with Gasteiger partial charge in [0.05, 0.1) is 11.3 Å². The maximum Gasteiger partial charge on any atom is 0.251 e. The molecule has 0 aliphatic heterocycles. The summed E-state index contributed by atoms with van der Waals surface area (Å²) in [7, 11) is 1.49. The number of hydrogen-bond donors (Lipinski definition) is 0. The zero-order valence-corrected chi connectivity index (χ0v) is 16.1. The molecule has 0 radical (unpaired) electrons. The average molecular weight is 406 g/mol. The van der Waals surface area contributed by atoms with E-state index in [0.717, 1.165) is 12.1 Å². The Kier molecular flexibility index (Phi) is 6.11. The molecule has 0 saturated carbocycles. The molecule has 0 unspecified atom stereocenters. The van der Waals surface area contributed by atoms with Crippen molar-refractivity contribution < 1.29 is 18.3 Å². The summed E-state index contributed by atoms with van der Waals surface area (Å²) in [6.07, 6.45) is 0. The summed E-state index contributed by atoms with van der Waals surface area (Å²) in [4.78, 5) is 12.4. The lowest BCUT2D eigenvalue weighted by Gasteiger charge is -2.18. The molecule has 2 aromatic carbocycles. The van der Waals surface area contributed by atoms with Crippen molar-refractivity contribution in [1.82, 2.24) is 4.57 Å². The molecule has 28 heavy (non-hydrogen) atoms. The van der Waals surface area contributed by atoms with E-state index < -0.39 is 11.6 Å². The van der Waals surface area contributed by atoms with Gasteiger partial charge >= 0.3 is 0 Å². The fraction of sp³-hybridized carbons (Fsp3) is 0.190. The number of methoxy groups -OCH3 is 1. The molecular weight excluding hydrogens is 388 g/mol. The van der Waals surface area contributed by atoms with Gasteiger partial charge in [-0.25, -0.2) is 8.78 Å². The summed E-state index contributed by atoms with van der Waals surface area (Å²) < 4.78 is 40.9. The van der Waals surface area contributed by atoms with Crippen molar-refractivity contribution in [3.63, 3.8) is 0 Å². The van der Waals surface area contributed by atoms with Crippen LogP contribution in [0, 0.1) is 11.6 Å². The Morgan fingerprint density at radius 3 is 2.39 bits per heavy atom. The van der Waals surface area contributed by atoms with Gasteiger partial charge in [0, 0.05) is 35.9 Å². The number of benzene rings is 2. The number of nitrogens with zero attached hydrogens (tertiary/aromatic N) is 1. The first-order chi connectivity index (χ1) is 13.5. The molecule has 0 aliphatic rings. The maximum absolute atomic E-state index is 14.6. The topological polar surface area (TPSA) is 40.5 Å². The Morgan fingerprint density at radius 2 is 1.75 bits per heavy atom. The minimum absolute atomic E-state index is 0.0321. The predicted molar refractivity (Wildman–Crippen MR) is 105 cm³/mol. The molecule has 0 fully saturated rings. The van der Waals surface area contributed by atoms with Gasteiger partial charge in [-0.15, -0.1) is 0 Å². The third-order valence-corrected chi connectivity index (χ3v) is 4.60. The molecule has 0 aliphatic carbocycles. The number of aromatic nitrogens is 1. The van der Waals surface area contributed by atoms with Crippen molar-refractivity contribution in [2.75, 3.05) is 13.9 Å². The molecule has 146 valence electrons. The first kappa shape index (κ1) is 20.0. The lowest BCUT2D eigenvalue weighted by molar-refractivity contribution is 0.0511. The second-order valence-corrected chi connectivity index (χ2v) is 6.37. The quantitative estimate of drug-likeness (QED) is 0.535. The standard InChI is InChI=1S/C21H18ClF2NO3/c1-3-25-19(26)10-8-14(21(25)20-17(23)5-4-6-18(20)24)15-11-13(28-12-27-2)7-9-16(15)22/h4-11H,3,12H2,1-2H3. The Morgan fingerprint density at radius 1 is 1.04 bits per heavy atom. The molecule has 0 atom stereocenters. The molecular formula is C21H18ClF2NO3. The van der Waals surface area contributed by atoms with Crippen molar-refractivity contribution >= 4 is 11.6 Å². The van der Waals surface area contributed by atoms with Gasteiger partial charge in [0.15, 0.2) is 6.79 Å². The zero-order valence-electron chi connectivity index (χ0n) is 15.3. The fourth-order valence-corrected chi connectivity index (χ4v) is 3.25. The highest BCUT2D eigenvalue weighted by atomic mass is 35.5. The average Bonchev–Trinajstić information content (AvgIpc) is 2.68. The largest absolute Gasteiger partial charge is 0.468 e. The molecule has 7 heteroatoms. The predicted octanol–water partition coefficient (Wildman–Crippen LogP) is 5.12. The second kappa shape index (κ2) is 8.54. The summed E-state index contributed by atoms with van der Waals surface area (Å²) in [5.41, 5.74) is 0.368. The molecule has 0 amide bonds. The number of pyridine rings is 1. The third-order valence-electron chi connectivity index (χ3n) is 4.27. The minimum atomic E-state index is -0.767. The molecule has 0 spiro atoms. The summed E-state index contributed by atoms with van der Waals surface area (Å²) >= 11 is 6.38. The van der Waals surface area contributed by atoms with Crippen LogP contribution in [0.4, 0.5) is 8.78 Å². The maximum atomic E-state index is 14.6. The van der Waals surface area contributed by atoms with E-state index in [2.05, 4.69) is 0 Å². The summed E-state index contributed by atoms with van der Waals surface area (Å²) in [6, 6.07) is 11.4. The van der Waals surface area contributed by atoms with Gasteiger partial charge in [-0.05, 0) is 43.3 Å². The third kappa shape index (κ3) is 3.79. The number of ether oxygens (including phenoxy) is 2. The Bertz CT molecular complexity index is 1050. The molecule has 1 aromatic heterocycles. The van der Waals surface area contributed by atoms with Crippen LogP contribution >= 0.6 is 11.6 Å². The van der Waals surface area contributed by atoms with Crippen LogP contribution in [-0.4, -0.2) is 18.5 Å². The van der Waals surface area contributed by atoms with Crippen molar-refractivity contribution in [3.05, 3.63) is 75.5 Å². The van der Waals surface area contributed by atoms with Crippen LogP contribution < -0.4 is 10.3 Å². The van der Waals surface area contributed by atoms with Crippen LogP contribution in [0.5, 0.6) is 5.75 Å². The van der Waals surface area contributed by atoms with Gasteiger partial charge in [-0.1, -0.05) is 17.7 Å². The van der Waals surface area contributed by atoms with Crippen molar-refractivity contribution in [2.45, 2.75) is 13.5 Å². The molecule has 4 nitrogen and oxygen atoms in total. The van der Waals surface area contributed by atoms with Crippen molar-refractivity contribution in [1.29, 1.82) is 0 Å². The number of halogens is 3. The van der Waals surface area contributed by atoms with Gasteiger partial charge in [0.25, 0.3) is 5.56 Å². The first-order valence-corrected chi connectivity index (χ1v) is 8.95. The molecule has 3 rings (SSSR count). The Hall–Kier alpha value is -2.70. The van der Waals surface area contributed by atoms with Crippen LogP contribution in [0.3, 0.4) is 0 Å². The van der Waals surface area contributed by atoms with E-state index in [1.807, 2.05) is 0 Å². The first-order valence-electron chi connectivity index (χ1n) is 8.57. The van der Waals surface area contributed by atoms with Gasteiger partial charge in [-0.2, -0.15) is 0 Å². The SMILES string of the molecule is CCn1c(-c2c(F)cccc2F)c(-c2cc(OCOC)ccc2Cl)ccc1=O. The molecule has 0 N–H and O–H groups in total. The van der Waals surface area contributed by atoms with Crippen LogP contribution in [0.1, 0.15) is 6.92 Å². The monoisotopic (exact) mass is 405 g/mol. The van der Waals surface area contributed by atoms with Crippen molar-refractivity contribution in [3.8, 4) is 28.1 Å². The van der Waals surface area contributed by atoms with Crippen LogP contribution in [0.15, 0.2) is 53.3 Å². The summed E-state index contributed by atoms with van der Waals surface area (Å²) in [5.74, 6) is -1.07. The highest BCUT2D eigenvalue weighted by Gasteiger charge is 2.21. The van der Waals surface area contributed by atoms with E-state index in [-0.39, 0.29) is 30.2 Å². The van der Waals surface area contributed by atoms with Crippen LogP contribution in [-0.2, 0) is 11.3 Å². The van der Waals surface area contributed by atoms with E-state index in [1.165, 1.54) is 29.9 Å². The molecule has 1 heterocycles. The lowest BCUT2D eigenvalue weighted by Crippen LogP contribution is -2.21. The van der Waals surface area contributed by atoms with Crippen LogP contribution in [0.25, 0.3) is 22.4 Å². The van der Waals surface area contributed by atoms with E-state index in [1.54, 1.807) is 25.1 Å². The van der Waals surface area contributed by atoms with Gasteiger partial charge in [-0.3, -0.25) is 4.79 Å². The highest BCUT2D eigenvalue weighted by molar-refractivity contribution is 6.33. The van der Waals surface area contributed by atoms with E-state index in [4.69, 9.17) is 21.1 Å². The number of rotatable bonds is 6. The summed E-state index contributed by atoms with van der Waals surface area (Å²) in [5, 5.41) is 0.351. The minimum Gasteiger partial charge on any atom is -0.468 e. The van der Waals surface area contributed by atoms with E-state index in [9.17, 15) is 13.6 Å². The fourth-order valence-electron chi connectivity index (χ4n) is 3.03. The summed E-state index contributed by atoms with van der Waals surface area (Å²) in [6.45, 7) is 1.99. The zero-order chi connectivity index (χ0) is 20.3. The van der Waals surface area contributed by atoms with E-state index >= 15 is 0 Å². The highest BCUT2D eigenvalue weighted by Crippen LogP contribution is 2.39. The Balaban J connectivity index is 2.34. The molecule has 0 saturated heterocycles. The number of hydrogen-bond acceptors (Lipinski definition) is 3. The smallest absolute Gasteiger partial charge is 0.251 e. The van der Waals surface area contributed by atoms with E-state index in [0.29, 0.717) is 21.9 Å². The van der Waals surface area contributed by atoms with Gasteiger partial charge in [0.2, 0.25) is 0 Å². The lowest BCUT2D eigenvalue weighted by atomic mass is 9.97. The molecule has 3 aromatic rings. The van der Waals surface area contributed by atoms with Gasteiger partial charge < -0.3 is 14.0 Å². The van der Waals surface area contributed by atoms with Crippen LogP contribution in [0.2, 0.25) is 5.02 Å². The second-order valence-electron chi connectivity index (χ2n) is 5.97. The normalized spacial score (nSPS) is 10.9. The van der Waals surface area contributed by atoms with Crippen molar-refractivity contribution in [2.24, 2.45) is 0 Å². The Labute approximate surface area is 165 Å². The van der Waals surface area contributed by atoms with Gasteiger partial charge in [0.1, 0.15) is 17.4 Å².